The fraction of sp³-hybridized carbons (Fsp3) is 0.235. The van der Waals surface area contributed by atoms with Gasteiger partial charge in [0.2, 0.25) is 0 Å². The van der Waals surface area contributed by atoms with E-state index in [-0.39, 0.29) is 22.3 Å². The number of rotatable bonds is 2. The molecule has 108 valence electrons. The van der Waals surface area contributed by atoms with Gasteiger partial charge in [0.05, 0.1) is 5.02 Å². The number of hydrogen-bond acceptors (Lipinski definition) is 1. The predicted octanol–water partition coefficient (Wildman–Crippen LogP) is 4.92. The van der Waals surface area contributed by atoms with Crippen molar-refractivity contribution in [3.63, 3.8) is 0 Å². The van der Waals surface area contributed by atoms with Gasteiger partial charge in [0.15, 0.2) is 17.4 Å². The molecule has 4 heteroatoms. The summed E-state index contributed by atoms with van der Waals surface area (Å²) in [7, 11) is 0. The predicted molar refractivity (Wildman–Crippen MR) is 77.8 cm³/mol. The summed E-state index contributed by atoms with van der Waals surface area (Å²) in [6.45, 7) is 0. The molecule has 0 aliphatic heterocycles. The minimum absolute atomic E-state index is 0.0399. The standard InChI is InChI=1S/C17H13ClF2O/c18-14-9-16(20)15(19)8-13(14)17(21)12-7-3-5-10-4-1-2-6-11(10)12/h1-2,4,6,8-9,12H,3,5,7H2. The molecule has 0 amide bonds. The van der Waals surface area contributed by atoms with E-state index in [9.17, 15) is 13.6 Å². The van der Waals surface area contributed by atoms with Gasteiger partial charge in [-0.15, -0.1) is 0 Å². The molecule has 0 radical (unpaired) electrons. The van der Waals surface area contributed by atoms with Crippen LogP contribution in [0, 0.1) is 11.6 Å². The van der Waals surface area contributed by atoms with E-state index in [0.29, 0.717) is 6.42 Å². The Hall–Kier alpha value is -1.74. The molecule has 0 aromatic heterocycles. The molecule has 21 heavy (non-hydrogen) atoms. The maximum absolute atomic E-state index is 13.4. The molecule has 1 nitrogen and oxygen atoms in total. The Balaban J connectivity index is 2.03. The van der Waals surface area contributed by atoms with Gasteiger partial charge >= 0.3 is 0 Å². The van der Waals surface area contributed by atoms with E-state index >= 15 is 0 Å². The van der Waals surface area contributed by atoms with E-state index < -0.39 is 11.6 Å². The fourth-order valence-electron chi connectivity index (χ4n) is 2.93. The highest BCUT2D eigenvalue weighted by Crippen LogP contribution is 2.35. The summed E-state index contributed by atoms with van der Waals surface area (Å²) in [5.74, 6) is -2.67. The van der Waals surface area contributed by atoms with E-state index in [0.717, 1.165) is 36.1 Å². The summed E-state index contributed by atoms with van der Waals surface area (Å²) in [6, 6.07) is 9.51. The van der Waals surface area contributed by atoms with Crippen LogP contribution in [-0.2, 0) is 6.42 Å². The topological polar surface area (TPSA) is 17.1 Å². The molecule has 0 spiro atoms. The molecule has 0 saturated heterocycles. The summed E-state index contributed by atoms with van der Waals surface area (Å²) in [5, 5.41) is -0.0399. The van der Waals surface area contributed by atoms with Crippen LogP contribution < -0.4 is 0 Å². The van der Waals surface area contributed by atoms with Gasteiger partial charge in [-0.05, 0) is 42.5 Å². The van der Waals surface area contributed by atoms with Crippen LogP contribution in [0.3, 0.4) is 0 Å². The number of carbonyl (C=O) groups is 1. The summed E-state index contributed by atoms with van der Waals surface area (Å²) >= 11 is 5.92. The van der Waals surface area contributed by atoms with Gasteiger partial charge in [-0.3, -0.25) is 4.79 Å². The fourth-order valence-corrected chi connectivity index (χ4v) is 3.17. The van der Waals surface area contributed by atoms with Gasteiger partial charge in [0.1, 0.15) is 0 Å². The van der Waals surface area contributed by atoms with Crippen molar-refractivity contribution in [1.29, 1.82) is 0 Å². The second-order valence-electron chi connectivity index (χ2n) is 5.25. The van der Waals surface area contributed by atoms with Gasteiger partial charge in [0.25, 0.3) is 0 Å². The largest absolute Gasteiger partial charge is 0.293 e. The van der Waals surface area contributed by atoms with E-state index in [1.807, 2.05) is 24.3 Å². The zero-order valence-electron chi connectivity index (χ0n) is 11.2. The van der Waals surface area contributed by atoms with Crippen LogP contribution >= 0.6 is 11.6 Å². The normalized spacial score (nSPS) is 17.4. The third kappa shape index (κ3) is 2.58. The Morgan fingerprint density at radius 1 is 1.14 bits per heavy atom. The Bertz CT molecular complexity index is 712. The lowest BCUT2D eigenvalue weighted by Crippen LogP contribution is -2.19. The molecular weight excluding hydrogens is 294 g/mol. The molecule has 1 atom stereocenters. The summed E-state index contributed by atoms with van der Waals surface area (Å²) < 4.78 is 26.5. The molecular formula is C17H13ClF2O. The van der Waals surface area contributed by atoms with Crippen LogP contribution in [0.15, 0.2) is 36.4 Å². The van der Waals surface area contributed by atoms with Gasteiger partial charge in [-0.1, -0.05) is 35.9 Å². The Labute approximate surface area is 126 Å². The lowest BCUT2D eigenvalue weighted by Gasteiger charge is -2.24. The number of benzene rings is 2. The first-order chi connectivity index (χ1) is 10.1. The van der Waals surface area contributed by atoms with Crippen molar-refractivity contribution in [2.45, 2.75) is 25.2 Å². The number of aryl methyl sites for hydroxylation is 1. The summed E-state index contributed by atoms with van der Waals surface area (Å²) in [6.07, 6.45) is 2.53. The molecule has 0 heterocycles. The Kier molecular flexibility index (Phi) is 3.77. The van der Waals surface area contributed by atoms with Crippen molar-refractivity contribution < 1.29 is 13.6 Å². The minimum atomic E-state index is -1.05. The highest BCUT2D eigenvalue weighted by molar-refractivity contribution is 6.34. The monoisotopic (exact) mass is 306 g/mol. The first-order valence-corrected chi connectivity index (χ1v) is 7.22. The third-order valence-electron chi connectivity index (χ3n) is 3.96. The maximum atomic E-state index is 13.4. The second kappa shape index (κ2) is 5.57. The number of hydrogen-bond donors (Lipinski definition) is 0. The average Bonchev–Trinajstić information content (AvgIpc) is 2.49. The molecule has 0 N–H and O–H groups in total. The van der Waals surface area contributed by atoms with E-state index in [4.69, 9.17) is 11.6 Å². The van der Waals surface area contributed by atoms with Crippen molar-refractivity contribution in [1.82, 2.24) is 0 Å². The van der Waals surface area contributed by atoms with Crippen molar-refractivity contribution in [2.24, 2.45) is 0 Å². The molecule has 0 saturated carbocycles. The average molecular weight is 307 g/mol. The van der Waals surface area contributed by atoms with E-state index in [2.05, 4.69) is 0 Å². The highest BCUT2D eigenvalue weighted by Gasteiger charge is 2.28. The number of carbonyl (C=O) groups excluding carboxylic acids is 1. The van der Waals surface area contributed by atoms with Gasteiger partial charge in [-0.2, -0.15) is 0 Å². The molecule has 2 aromatic carbocycles. The third-order valence-corrected chi connectivity index (χ3v) is 4.27. The number of ketones is 1. The molecule has 1 unspecified atom stereocenters. The lowest BCUT2D eigenvalue weighted by atomic mass is 9.79. The van der Waals surface area contributed by atoms with Crippen LogP contribution in [0.25, 0.3) is 0 Å². The number of fused-ring (bicyclic) bond motifs is 1. The number of halogens is 3. The van der Waals surface area contributed by atoms with Crippen LogP contribution in [0.1, 0.15) is 40.2 Å². The first kappa shape index (κ1) is 14.2. The smallest absolute Gasteiger partial charge is 0.171 e. The van der Waals surface area contributed by atoms with Crippen molar-refractivity contribution in [3.05, 3.63) is 69.7 Å². The zero-order chi connectivity index (χ0) is 15.0. The highest BCUT2D eigenvalue weighted by atomic mass is 35.5. The minimum Gasteiger partial charge on any atom is -0.293 e. The summed E-state index contributed by atoms with van der Waals surface area (Å²) in [4.78, 5) is 12.7. The van der Waals surface area contributed by atoms with Crippen LogP contribution in [0.5, 0.6) is 0 Å². The molecule has 3 rings (SSSR count). The Morgan fingerprint density at radius 3 is 2.67 bits per heavy atom. The molecule has 1 aliphatic rings. The van der Waals surface area contributed by atoms with Crippen LogP contribution in [0.2, 0.25) is 5.02 Å². The molecule has 2 aromatic rings. The van der Waals surface area contributed by atoms with Gasteiger partial charge in [-0.25, -0.2) is 8.78 Å². The second-order valence-corrected chi connectivity index (χ2v) is 5.66. The summed E-state index contributed by atoms with van der Waals surface area (Å²) in [5.41, 5.74) is 2.16. The van der Waals surface area contributed by atoms with Crippen LogP contribution in [-0.4, -0.2) is 5.78 Å². The van der Waals surface area contributed by atoms with Gasteiger partial charge in [0, 0.05) is 11.5 Å². The SMILES string of the molecule is O=C(c1cc(F)c(F)cc1Cl)C1CCCc2ccccc21. The molecule has 0 fully saturated rings. The van der Waals surface area contributed by atoms with Crippen LogP contribution in [0.4, 0.5) is 8.78 Å². The quantitative estimate of drug-likeness (QED) is 0.568. The lowest BCUT2D eigenvalue weighted by molar-refractivity contribution is 0.0950. The van der Waals surface area contributed by atoms with Gasteiger partial charge < -0.3 is 0 Å². The first-order valence-electron chi connectivity index (χ1n) is 6.84. The number of Topliss-reactive ketones (excluding diaryl/α,β-unsaturated/α-hetero) is 1. The maximum Gasteiger partial charge on any atom is 0.171 e. The van der Waals surface area contributed by atoms with Crippen molar-refractivity contribution in [2.75, 3.05) is 0 Å². The van der Waals surface area contributed by atoms with E-state index in [1.165, 1.54) is 0 Å². The molecule has 0 bridgehead atoms. The van der Waals surface area contributed by atoms with E-state index in [1.54, 1.807) is 0 Å². The van der Waals surface area contributed by atoms with Crippen molar-refractivity contribution in [3.8, 4) is 0 Å². The van der Waals surface area contributed by atoms with Crippen molar-refractivity contribution >= 4 is 17.4 Å². The molecule has 1 aliphatic carbocycles. The zero-order valence-corrected chi connectivity index (χ0v) is 12.0. The Morgan fingerprint density at radius 2 is 1.86 bits per heavy atom.